The monoisotopic (exact) mass is 289 g/mol. The summed E-state index contributed by atoms with van der Waals surface area (Å²) in [5, 5.41) is 3.27. The van der Waals surface area contributed by atoms with Crippen LogP contribution in [0.15, 0.2) is 24.3 Å². The van der Waals surface area contributed by atoms with Crippen LogP contribution in [-0.4, -0.2) is 56.0 Å². The summed E-state index contributed by atoms with van der Waals surface area (Å²) in [5.74, 6) is 0.743. The van der Waals surface area contributed by atoms with E-state index in [1.807, 2.05) is 43.1 Å². The largest absolute Gasteiger partial charge is 0.385 e. The third kappa shape index (κ3) is 4.21. The molecule has 1 amide bonds. The molecule has 2 rings (SSSR count). The van der Waals surface area contributed by atoms with Gasteiger partial charge in [0.25, 0.3) is 5.91 Å². The predicted octanol–water partition coefficient (Wildman–Crippen LogP) is 2.53. The summed E-state index contributed by atoms with van der Waals surface area (Å²) < 4.78 is 0. The number of benzene rings is 1. The van der Waals surface area contributed by atoms with Crippen LogP contribution in [-0.2, 0) is 0 Å². The highest BCUT2D eigenvalue weighted by atomic mass is 16.2. The van der Waals surface area contributed by atoms with E-state index in [2.05, 4.69) is 17.3 Å². The Morgan fingerprint density at radius 1 is 1.33 bits per heavy atom. The van der Waals surface area contributed by atoms with Crippen molar-refractivity contribution in [1.82, 2.24) is 9.80 Å². The zero-order chi connectivity index (χ0) is 15.2. The Morgan fingerprint density at radius 2 is 2.00 bits per heavy atom. The fourth-order valence-corrected chi connectivity index (χ4v) is 2.93. The maximum absolute atomic E-state index is 12.7. The zero-order valence-corrected chi connectivity index (χ0v) is 13.4. The van der Waals surface area contributed by atoms with Gasteiger partial charge in [-0.2, -0.15) is 0 Å². The molecule has 0 aliphatic carbocycles. The quantitative estimate of drug-likeness (QED) is 0.905. The van der Waals surface area contributed by atoms with E-state index < -0.39 is 0 Å². The van der Waals surface area contributed by atoms with Gasteiger partial charge in [0.2, 0.25) is 0 Å². The summed E-state index contributed by atoms with van der Waals surface area (Å²) in [6.07, 6.45) is 2.37. The minimum atomic E-state index is 0.116. The first-order valence-corrected chi connectivity index (χ1v) is 7.88. The van der Waals surface area contributed by atoms with Gasteiger partial charge in [-0.05, 0) is 58.0 Å². The van der Waals surface area contributed by atoms with Crippen LogP contribution in [0, 0.1) is 5.92 Å². The molecule has 1 aromatic rings. The van der Waals surface area contributed by atoms with Crippen molar-refractivity contribution < 1.29 is 4.79 Å². The lowest BCUT2D eigenvalue weighted by Crippen LogP contribution is -2.38. The van der Waals surface area contributed by atoms with E-state index in [0.29, 0.717) is 5.92 Å². The number of hydrogen-bond donors (Lipinski definition) is 1. The lowest BCUT2D eigenvalue weighted by atomic mass is 9.96. The summed E-state index contributed by atoms with van der Waals surface area (Å²) in [4.78, 5) is 16.9. The van der Waals surface area contributed by atoms with Gasteiger partial charge in [0.1, 0.15) is 0 Å². The number of anilines is 1. The van der Waals surface area contributed by atoms with Crippen LogP contribution in [0.4, 0.5) is 5.69 Å². The van der Waals surface area contributed by atoms with Gasteiger partial charge in [-0.15, -0.1) is 0 Å². The van der Waals surface area contributed by atoms with E-state index in [9.17, 15) is 4.79 Å². The fraction of sp³-hybridized carbons (Fsp3) is 0.588. The van der Waals surface area contributed by atoms with E-state index in [-0.39, 0.29) is 5.91 Å². The van der Waals surface area contributed by atoms with Crippen LogP contribution < -0.4 is 5.32 Å². The number of nitrogens with one attached hydrogen (secondary N) is 1. The third-order valence-corrected chi connectivity index (χ3v) is 4.24. The summed E-state index contributed by atoms with van der Waals surface area (Å²) in [7, 11) is 4.08. The lowest BCUT2D eigenvalue weighted by molar-refractivity contribution is 0.0748. The molecule has 21 heavy (non-hydrogen) atoms. The van der Waals surface area contributed by atoms with Gasteiger partial charge in [0, 0.05) is 25.8 Å². The van der Waals surface area contributed by atoms with Crippen molar-refractivity contribution in [1.29, 1.82) is 0 Å². The molecule has 1 saturated heterocycles. The number of hydrogen-bond acceptors (Lipinski definition) is 3. The van der Waals surface area contributed by atoms with Crippen LogP contribution in [0.5, 0.6) is 0 Å². The van der Waals surface area contributed by atoms with Crippen molar-refractivity contribution in [3.05, 3.63) is 29.8 Å². The van der Waals surface area contributed by atoms with Gasteiger partial charge in [-0.25, -0.2) is 0 Å². The highest BCUT2D eigenvalue weighted by molar-refractivity contribution is 5.99. The molecule has 1 aliphatic rings. The Kier molecular flexibility index (Phi) is 5.62. The first-order chi connectivity index (χ1) is 10.1. The van der Waals surface area contributed by atoms with Crippen molar-refractivity contribution in [2.24, 2.45) is 5.92 Å². The Bertz CT molecular complexity index is 467. The van der Waals surface area contributed by atoms with Crippen LogP contribution in [0.3, 0.4) is 0 Å². The van der Waals surface area contributed by atoms with E-state index >= 15 is 0 Å². The predicted molar refractivity (Wildman–Crippen MR) is 87.8 cm³/mol. The molecule has 4 heteroatoms. The molecule has 0 atom stereocenters. The zero-order valence-electron chi connectivity index (χ0n) is 13.4. The van der Waals surface area contributed by atoms with Crippen LogP contribution in [0.1, 0.15) is 30.1 Å². The maximum Gasteiger partial charge on any atom is 0.255 e. The second-order valence-corrected chi connectivity index (χ2v) is 6.01. The molecule has 4 nitrogen and oxygen atoms in total. The highest BCUT2D eigenvalue weighted by Gasteiger charge is 2.22. The Hall–Kier alpha value is -1.55. The van der Waals surface area contributed by atoms with Crippen molar-refractivity contribution in [3.63, 3.8) is 0 Å². The average molecular weight is 289 g/mol. The van der Waals surface area contributed by atoms with Crippen molar-refractivity contribution in [2.75, 3.05) is 45.6 Å². The van der Waals surface area contributed by atoms with Gasteiger partial charge < -0.3 is 15.1 Å². The summed E-state index contributed by atoms with van der Waals surface area (Å²) in [5.41, 5.74) is 1.70. The summed E-state index contributed by atoms with van der Waals surface area (Å²) >= 11 is 0. The maximum atomic E-state index is 12.7. The molecule has 0 aromatic heterocycles. The van der Waals surface area contributed by atoms with Crippen LogP contribution in [0.25, 0.3) is 0 Å². The molecule has 116 valence electrons. The number of amides is 1. The van der Waals surface area contributed by atoms with E-state index in [4.69, 9.17) is 0 Å². The molecule has 0 radical (unpaired) electrons. The number of carbonyl (C=O) groups excluding carboxylic acids is 1. The molecule has 0 spiro atoms. The van der Waals surface area contributed by atoms with Gasteiger partial charge >= 0.3 is 0 Å². The molecule has 0 bridgehead atoms. The van der Waals surface area contributed by atoms with Crippen LogP contribution in [0.2, 0.25) is 0 Å². The van der Waals surface area contributed by atoms with E-state index in [0.717, 1.165) is 37.4 Å². The second kappa shape index (κ2) is 7.46. The SMILES string of the molecule is CCNc1ccccc1C(=O)N(C)CC1CCN(C)CC1. The second-order valence-electron chi connectivity index (χ2n) is 6.01. The minimum Gasteiger partial charge on any atom is -0.385 e. The first kappa shape index (κ1) is 15.8. The molecule has 1 heterocycles. The van der Waals surface area contributed by atoms with Crippen molar-refractivity contribution in [2.45, 2.75) is 19.8 Å². The van der Waals surface area contributed by atoms with Gasteiger partial charge in [0.15, 0.2) is 0 Å². The molecule has 1 fully saturated rings. The minimum absolute atomic E-state index is 0.116. The molecule has 0 saturated carbocycles. The number of piperidine rings is 1. The molecular formula is C17H27N3O. The summed E-state index contributed by atoms with van der Waals surface area (Å²) in [6, 6.07) is 7.77. The Balaban J connectivity index is 1.99. The van der Waals surface area contributed by atoms with Gasteiger partial charge in [-0.1, -0.05) is 12.1 Å². The van der Waals surface area contributed by atoms with E-state index in [1.165, 1.54) is 12.8 Å². The van der Waals surface area contributed by atoms with Gasteiger partial charge in [-0.3, -0.25) is 4.79 Å². The van der Waals surface area contributed by atoms with Gasteiger partial charge in [0.05, 0.1) is 5.56 Å². The Morgan fingerprint density at radius 3 is 2.67 bits per heavy atom. The number of rotatable bonds is 5. The van der Waals surface area contributed by atoms with Crippen LogP contribution >= 0.6 is 0 Å². The van der Waals surface area contributed by atoms with Crippen molar-refractivity contribution >= 4 is 11.6 Å². The topological polar surface area (TPSA) is 35.6 Å². The molecule has 1 aromatic carbocycles. The number of nitrogens with zero attached hydrogens (tertiary/aromatic N) is 2. The van der Waals surface area contributed by atoms with Crippen molar-refractivity contribution in [3.8, 4) is 0 Å². The number of carbonyl (C=O) groups is 1. The number of para-hydroxylation sites is 1. The third-order valence-electron chi connectivity index (χ3n) is 4.24. The highest BCUT2D eigenvalue weighted by Crippen LogP contribution is 2.20. The fourth-order valence-electron chi connectivity index (χ4n) is 2.93. The lowest BCUT2D eigenvalue weighted by Gasteiger charge is -2.31. The standard InChI is InChI=1S/C17H27N3O/c1-4-18-16-8-6-5-7-15(16)17(21)20(3)13-14-9-11-19(2)12-10-14/h5-8,14,18H,4,9-13H2,1-3H3. The van der Waals surface area contributed by atoms with E-state index in [1.54, 1.807) is 0 Å². The first-order valence-electron chi connectivity index (χ1n) is 7.88. The smallest absolute Gasteiger partial charge is 0.255 e. The molecule has 1 aliphatic heterocycles. The Labute approximate surface area is 128 Å². The molecule has 1 N–H and O–H groups in total. The molecular weight excluding hydrogens is 262 g/mol. The normalized spacial score (nSPS) is 16.7. The summed E-state index contributed by atoms with van der Waals surface area (Å²) in [6.45, 7) is 6.00. The number of likely N-dealkylation sites (tertiary alicyclic amines) is 1. The average Bonchev–Trinajstić information content (AvgIpc) is 2.50. The molecule has 0 unspecified atom stereocenters.